The van der Waals surface area contributed by atoms with Crippen molar-refractivity contribution < 1.29 is 9.53 Å². The molecule has 2 aromatic rings. The van der Waals surface area contributed by atoms with Gasteiger partial charge in [-0.25, -0.2) is 0 Å². The molecule has 1 aliphatic rings. The van der Waals surface area contributed by atoms with E-state index in [9.17, 15) is 4.79 Å². The van der Waals surface area contributed by atoms with E-state index in [0.29, 0.717) is 0 Å². The lowest BCUT2D eigenvalue weighted by molar-refractivity contribution is -0.115. The molecule has 3 rings (SSSR count). The Bertz CT molecular complexity index is 675. The van der Waals surface area contributed by atoms with Crippen LogP contribution in [0.2, 0.25) is 0 Å². The van der Waals surface area contributed by atoms with Crippen LogP contribution in [0.15, 0.2) is 52.3 Å². The van der Waals surface area contributed by atoms with E-state index < -0.39 is 0 Å². The second-order valence-corrected chi connectivity index (χ2v) is 5.62. The van der Waals surface area contributed by atoms with Crippen molar-refractivity contribution in [1.29, 1.82) is 0 Å². The standard InChI is InChI=1S/C15H12ClNO2S/c1-19-10-6-7-12-14(8-10)20-13-5-3-2-4-11(13)17(12)15(18)9-16/h2-8H,9H2,1H3. The molecule has 0 radical (unpaired) electrons. The van der Waals surface area contributed by atoms with Crippen LogP contribution in [0.3, 0.4) is 0 Å². The van der Waals surface area contributed by atoms with Gasteiger partial charge in [-0.3, -0.25) is 9.69 Å². The zero-order valence-corrected chi connectivity index (χ0v) is 12.4. The Morgan fingerprint density at radius 2 is 1.95 bits per heavy atom. The average Bonchev–Trinajstić information content (AvgIpc) is 2.51. The van der Waals surface area contributed by atoms with E-state index in [2.05, 4.69) is 0 Å². The topological polar surface area (TPSA) is 29.5 Å². The maximum absolute atomic E-state index is 12.2. The number of para-hydroxylation sites is 1. The minimum atomic E-state index is -0.133. The normalized spacial score (nSPS) is 12.6. The van der Waals surface area contributed by atoms with Gasteiger partial charge in [0.1, 0.15) is 11.6 Å². The van der Waals surface area contributed by atoms with Crippen LogP contribution in [0.25, 0.3) is 0 Å². The van der Waals surface area contributed by atoms with Crippen LogP contribution < -0.4 is 9.64 Å². The smallest absolute Gasteiger partial charge is 0.246 e. The van der Waals surface area contributed by atoms with E-state index in [-0.39, 0.29) is 11.8 Å². The minimum Gasteiger partial charge on any atom is -0.497 e. The summed E-state index contributed by atoms with van der Waals surface area (Å²) in [5.41, 5.74) is 1.72. The van der Waals surface area contributed by atoms with Crippen molar-refractivity contribution in [2.45, 2.75) is 9.79 Å². The first-order valence-electron chi connectivity index (χ1n) is 6.08. The average molecular weight is 306 g/mol. The summed E-state index contributed by atoms with van der Waals surface area (Å²) in [6.45, 7) is 0. The molecule has 0 spiro atoms. The van der Waals surface area contributed by atoms with Crippen LogP contribution in [-0.2, 0) is 4.79 Å². The highest BCUT2D eigenvalue weighted by molar-refractivity contribution is 7.99. The van der Waals surface area contributed by atoms with Crippen molar-refractivity contribution >= 4 is 40.6 Å². The molecule has 0 aromatic heterocycles. The third kappa shape index (κ3) is 2.15. The van der Waals surface area contributed by atoms with E-state index >= 15 is 0 Å². The molecule has 1 aliphatic heterocycles. The Hall–Kier alpha value is -1.65. The Morgan fingerprint density at radius 1 is 1.20 bits per heavy atom. The lowest BCUT2D eigenvalue weighted by Gasteiger charge is -2.30. The zero-order chi connectivity index (χ0) is 14.1. The van der Waals surface area contributed by atoms with Crippen molar-refractivity contribution in [3.05, 3.63) is 42.5 Å². The molecule has 0 unspecified atom stereocenters. The van der Waals surface area contributed by atoms with Gasteiger partial charge < -0.3 is 4.74 Å². The molecule has 2 aromatic carbocycles. The van der Waals surface area contributed by atoms with Crippen LogP contribution in [0.4, 0.5) is 11.4 Å². The first kappa shape index (κ1) is 13.3. The summed E-state index contributed by atoms with van der Waals surface area (Å²) >= 11 is 7.38. The molecule has 0 N–H and O–H groups in total. The zero-order valence-electron chi connectivity index (χ0n) is 10.8. The summed E-state index contributed by atoms with van der Waals surface area (Å²) in [5.74, 6) is 0.588. The number of nitrogens with zero attached hydrogens (tertiary/aromatic N) is 1. The second-order valence-electron chi connectivity index (χ2n) is 4.27. The number of carbonyl (C=O) groups excluding carboxylic acids is 1. The molecule has 0 saturated heterocycles. The molecule has 102 valence electrons. The molecule has 20 heavy (non-hydrogen) atoms. The molecule has 1 amide bonds. The number of ether oxygens (including phenoxy) is 1. The number of rotatable bonds is 2. The number of fused-ring (bicyclic) bond motifs is 2. The third-order valence-corrected chi connectivity index (χ3v) is 4.44. The maximum Gasteiger partial charge on any atom is 0.246 e. The van der Waals surface area contributed by atoms with Gasteiger partial charge in [-0.2, -0.15) is 0 Å². The highest BCUT2D eigenvalue weighted by Crippen LogP contribution is 2.49. The van der Waals surface area contributed by atoms with E-state index in [1.165, 1.54) is 0 Å². The summed E-state index contributed by atoms with van der Waals surface area (Å²) in [7, 11) is 1.63. The fourth-order valence-corrected chi connectivity index (χ4v) is 3.40. The molecule has 1 heterocycles. The summed E-state index contributed by atoms with van der Waals surface area (Å²) in [4.78, 5) is 15.9. The predicted molar refractivity (Wildman–Crippen MR) is 81.4 cm³/mol. The fourth-order valence-electron chi connectivity index (χ4n) is 2.19. The van der Waals surface area contributed by atoms with Crippen LogP contribution in [-0.4, -0.2) is 18.9 Å². The lowest BCUT2D eigenvalue weighted by atomic mass is 10.2. The van der Waals surface area contributed by atoms with Gasteiger partial charge in [0, 0.05) is 9.79 Å². The van der Waals surface area contributed by atoms with Crippen LogP contribution in [0.1, 0.15) is 0 Å². The van der Waals surface area contributed by atoms with Crippen LogP contribution in [0.5, 0.6) is 5.75 Å². The molecule has 5 heteroatoms. The molecule has 0 atom stereocenters. The van der Waals surface area contributed by atoms with Crippen LogP contribution >= 0.6 is 23.4 Å². The van der Waals surface area contributed by atoms with Gasteiger partial charge >= 0.3 is 0 Å². The van der Waals surface area contributed by atoms with Crippen molar-refractivity contribution in [1.82, 2.24) is 0 Å². The number of amides is 1. The molecule has 0 saturated carbocycles. The van der Waals surface area contributed by atoms with E-state index in [4.69, 9.17) is 16.3 Å². The Kier molecular flexibility index (Phi) is 3.59. The number of carbonyl (C=O) groups is 1. The summed E-state index contributed by atoms with van der Waals surface area (Å²) in [5, 5.41) is 0. The highest BCUT2D eigenvalue weighted by Gasteiger charge is 2.27. The number of hydrogen-bond donors (Lipinski definition) is 0. The number of methoxy groups -OCH3 is 1. The minimum absolute atomic E-state index is 0.0511. The lowest BCUT2D eigenvalue weighted by Crippen LogP contribution is -2.29. The second kappa shape index (κ2) is 5.38. The molecule has 3 nitrogen and oxygen atoms in total. The Morgan fingerprint density at radius 3 is 2.70 bits per heavy atom. The Labute approximate surface area is 126 Å². The van der Waals surface area contributed by atoms with E-state index in [1.54, 1.807) is 23.8 Å². The largest absolute Gasteiger partial charge is 0.497 e. The molecular weight excluding hydrogens is 294 g/mol. The summed E-state index contributed by atoms with van der Waals surface area (Å²) in [6, 6.07) is 13.5. The van der Waals surface area contributed by atoms with Crippen molar-refractivity contribution in [2.75, 3.05) is 17.9 Å². The molecular formula is C15H12ClNO2S. The van der Waals surface area contributed by atoms with Gasteiger partial charge in [0.05, 0.1) is 18.5 Å². The van der Waals surface area contributed by atoms with Gasteiger partial charge in [-0.05, 0) is 30.3 Å². The summed E-state index contributed by atoms with van der Waals surface area (Å²) < 4.78 is 5.25. The highest BCUT2D eigenvalue weighted by atomic mass is 35.5. The maximum atomic E-state index is 12.2. The first-order chi connectivity index (χ1) is 9.74. The SMILES string of the molecule is COc1ccc2c(c1)Sc1ccccc1N2C(=O)CCl. The number of anilines is 2. The third-order valence-electron chi connectivity index (χ3n) is 3.10. The number of hydrogen-bond acceptors (Lipinski definition) is 3. The van der Waals surface area contributed by atoms with Crippen molar-refractivity contribution in [3.8, 4) is 5.75 Å². The number of benzene rings is 2. The van der Waals surface area contributed by atoms with Gasteiger partial charge in [-0.1, -0.05) is 23.9 Å². The number of alkyl halides is 1. The van der Waals surface area contributed by atoms with E-state index in [1.807, 2.05) is 42.5 Å². The number of halogens is 1. The van der Waals surface area contributed by atoms with Crippen LogP contribution in [0, 0.1) is 0 Å². The predicted octanol–water partition coefficient (Wildman–Crippen LogP) is 4.06. The van der Waals surface area contributed by atoms with E-state index in [0.717, 1.165) is 26.9 Å². The Balaban J connectivity index is 2.17. The van der Waals surface area contributed by atoms with Gasteiger partial charge in [0.25, 0.3) is 0 Å². The molecule has 0 bridgehead atoms. The van der Waals surface area contributed by atoms with Gasteiger partial charge in [0.15, 0.2) is 0 Å². The fraction of sp³-hybridized carbons (Fsp3) is 0.133. The van der Waals surface area contributed by atoms with Crippen molar-refractivity contribution in [2.24, 2.45) is 0 Å². The molecule has 0 aliphatic carbocycles. The quantitative estimate of drug-likeness (QED) is 0.784. The monoisotopic (exact) mass is 305 g/mol. The van der Waals surface area contributed by atoms with Crippen molar-refractivity contribution in [3.63, 3.8) is 0 Å². The van der Waals surface area contributed by atoms with Gasteiger partial charge in [0.2, 0.25) is 5.91 Å². The summed E-state index contributed by atoms with van der Waals surface area (Å²) in [6.07, 6.45) is 0. The first-order valence-corrected chi connectivity index (χ1v) is 7.43. The molecule has 0 fully saturated rings. The van der Waals surface area contributed by atoms with Gasteiger partial charge in [-0.15, -0.1) is 11.6 Å².